The molecule has 0 fully saturated rings. The van der Waals surface area contributed by atoms with E-state index in [-0.39, 0.29) is 18.4 Å². The molecular formula is C23H21BrN2O3. The van der Waals surface area contributed by atoms with Crippen LogP contribution in [-0.4, -0.2) is 25.5 Å². The first-order valence-corrected chi connectivity index (χ1v) is 9.85. The second kappa shape index (κ2) is 9.39. The van der Waals surface area contributed by atoms with E-state index in [4.69, 9.17) is 4.74 Å². The lowest BCUT2D eigenvalue weighted by Gasteiger charge is -2.15. The number of ether oxygens (including phenoxy) is 1. The van der Waals surface area contributed by atoms with Crippen LogP contribution < -0.4 is 15.0 Å². The molecule has 3 aromatic rings. The molecule has 0 aliphatic carbocycles. The van der Waals surface area contributed by atoms with Crippen molar-refractivity contribution in [3.8, 4) is 16.9 Å². The highest BCUT2D eigenvalue weighted by Crippen LogP contribution is 2.30. The maximum atomic E-state index is 12.2. The summed E-state index contributed by atoms with van der Waals surface area (Å²) in [5, 5.41) is 2.78. The zero-order chi connectivity index (χ0) is 20.8. The third-order valence-corrected chi connectivity index (χ3v) is 5.03. The summed E-state index contributed by atoms with van der Waals surface area (Å²) in [6.07, 6.45) is 0. The lowest BCUT2D eigenvalue weighted by Crippen LogP contribution is -2.23. The molecule has 0 spiro atoms. The Morgan fingerprint density at radius 2 is 1.66 bits per heavy atom. The van der Waals surface area contributed by atoms with Crippen molar-refractivity contribution in [2.75, 3.05) is 23.9 Å². The van der Waals surface area contributed by atoms with Crippen molar-refractivity contribution in [1.29, 1.82) is 0 Å². The third-order valence-electron chi connectivity index (χ3n) is 4.41. The molecule has 0 bridgehead atoms. The Bertz CT molecular complexity index is 1000. The summed E-state index contributed by atoms with van der Waals surface area (Å²) >= 11 is 3.51. The maximum Gasteiger partial charge on any atom is 0.262 e. The molecule has 148 valence electrons. The molecule has 2 amide bonds. The molecule has 0 unspecified atom stereocenters. The van der Waals surface area contributed by atoms with E-state index in [0.717, 1.165) is 21.3 Å². The fourth-order valence-electron chi connectivity index (χ4n) is 2.72. The Labute approximate surface area is 178 Å². The third kappa shape index (κ3) is 5.45. The predicted octanol–water partition coefficient (Wildman–Crippen LogP) is 5.12. The average Bonchev–Trinajstić information content (AvgIpc) is 2.73. The van der Waals surface area contributed by atoms with E-state index < -0.39 is 0 Å². The van der Waals surface area contributed by atoms with Gasteiger partial charge in [0.05, 0.1) is 4.47 Å². The minimum absolute atomic E-state index is 0.0564. The minimum atomic E-state index is -0.267. The van der Waals surface area contributed by atoms with Crippen LogP contribution in [0.4, 0.5) is 11.4 Å². The summed E-state index contributed by atoms with van der Waals surface area (Å²) in [6, 6.07) is 22.8. The molecule has 3 rings (SSSR count). The summed E-state index contributed by atoms with van der Waals surface area (Å²) < 4.78 is 6.42. The molecule has 0 aliphatic heterocycles. The Morgan fingerprint density at radius 1 is 0.966 bits per heavy atom. The van der Waals surface area contributed by atoms with Gasteiger partial charge in [0.25, 0.3) is 5.91 Å². The van der Waals surface area contributed by atoms with E-state index in [9.17, 15) is 9.59 Å². The first-order chi connectivity index (χ1) is 13.9. The van der Waals surface area contributed by atoms with Gasteiger partial charge in [0.2, 0.25) is 5.91 Å². The summed E-state index contributed by atoms with van der Waals surface area (Å²) in [6.45, 7) is 1.38. The largest absolute Gasteiger partial charge is 0.483 e. The van der Waals surface area contributed by atoms with Crippen LogP contribution in [0.2, 0.25) is 0 Å². The predicted molar refractivity (Wildman–Crippen MR) is 119 cm³/mol. The van der Waals surface area contributed by atoms with Crippen molar-refractivity contribution in [2.24, 2.45) is 0 Å². The summed E-state index contributed by atoms with van der Waals surface area (Å²) in [4.78, 5) is 25.1. The van der Waals surface area contributed by atoms with Gasteiger partial charge in [-0.05, 0) is 63.5 Å². The monoisotopic (exact) mass is 452 g/mol. The Kier molecular flexibility index (Phi) is 6.67. The van der Waals surface area contributed by atoms with Crippen molar-refractivity contribution in [2.45, 2.75) is 6.92 Å². The van der Waals surface area contributed by atoms with Crippen LogP contribution in [0.5, 0.6) is 5.75 Å². The first kappa shape index (κ1) is 20.6. The quantitative estimate of drug-likeness (QED) is 0.564. The van der Waals surface area contributed by atoms with Gasteiger partial charge in [-0.3, -0.25) is 9.59 Å². The molecule has 5 nitrogen and oxygen atoms in total. The van der Waals surface area contributed by atoms with E-state index in [2.05, 4.69) is 21.2 Å². The second-order valence-electron chi connectivity index (χ2n) is 6.47. The van der Waals surface area contributed by atoms with Crippen LogP contribution in [0, 0.1) is 0 Å². The number of amides is 2. The zero-order valence-corrected chi connectivity index (χ0v) is 17.8. The van der Waals surface area contributed by atoms with Crippen molar-refractivity contribution < 1.29 is 14.3 Å². The Morgan fingerprint density at radius 3 is 2.28 bits per heavy atom. The summed E-state index contributed by atoms with van der Waals surface area (Å²) in [7, 11) is 1.70. The number of rotatable bonds is 6. The molecule has 3 aromatic carbocycles. The highest BCUT2D eigenvalue weighted by molar-refractivity contribution is 9.10. The molecule has 1 N–H and O–H groups in total. The van der Waals surface area contributed by atoms with Gasteiger partial charge in [-0.2, -0.15) is 0 Å². The number of benzene rings is 3. The first-order valence-electron chi connectivity index (χ1n) is 9.06. The van der Waals surface area contributed by atoms with Crippen LogP contribution in [0.3, 0.4) is 0 Å². The smallest absolute Gasteiger partial charge is 0.262 e. The molecular weight excluding hydrogens is 432 g/mol. The van der Waals surface area contributed by atoms with Crippen molar-refractivity contribution >= 4 is 39.1 Å². The number of carbonyl (C=O) groups is 2. The van der Waals surface area contributed by atoms with E-state index in [0.29, 0.717) is 11.4 Å². The molecule has 0 saturated heterocycles. The standard InChI is InChI=1S/C23H21BrN2O3/c1-16(27)26(2)20-11-9-19(10-12-20)25-23(28)15-29-22-13-8-18(14-21(22)24)17-6-4-3-5-7-17/h3-14H,15H2,1-2H3,(H,25,28). The molecule has 0 aliphatic rings. The molecule has 29 heavy (non-hydrogen) atoms. The number of hydrogen-bond acceptors (Lipinski definition) is 3. The van der Waals surface area contributed by atoms with Gasteiger partial charge in [0.15, 0.2) is 6.61 Å². The molecule has 0 heterocycles. The van der Waals surface area contributed by atoms with E-state index in [1.54, 1.807) is 31.3 Å². The topological polar surface area (TPSA) is 58.6 Å². The van der Waals surface area contributed by atoms with Crippen LogP contribution in [-0.2, 0) is 9.59 Å². The molecule has 0 atom stereocenters. The second-order valence-corrected chi connectivity index (χ2v) is 7.33. The SMILES string of the molecule is CC(=O)N(C)c1ccc(NC(=O)COc2ccc(-c3ccccc3)cc2Br)cc1. The lowest BCUT2D eigenvalue weighted by molar-refractivity contribution is -0.118. The number of nitrogens with one attached hydrogen (secondary N) is 1. The van der Waals surface area contributed by atoms with Crippen molar-refractivity contribution in [3.63, 3.8) is 0 Å². The van der Waals surface area contributed by atoms with Crippen LogP contribution in [0.1, 0.15) is 6.92 Å². The van der Waals surface area contributed by atoms with Crippen molar-refractivity contribution in [1.82, 2.24) is 0 Å². The highest BCUT2D eigenvalue weighted by atomic mass is 79.9. The summed E-state index contributed by atoms with van der Waals surface area (Å²) in [5.41, 5.74) is 3.56. The van der Waals surface area contributed by atoms with Gasteiger partial charge < -0.3 is 15.0 Å². The van der Waals surface area contributed by atoms with E-state index >= 15 is 0 Å². The number of nitrogens with zero attached hydrogens (tertiary/aromatic N) is 1. The van der Waals surface area contributed by atoms with Gasteiger partial charge in [-0.25, -0.2) is 0 Å². The Hall–Kier alpha value is -3.12. The number of carbonyl (C=O) groups excluding carboxylic acids is 2. The van der Waals surface area contributed by atoms with E-state index in [1.165, 1.54) is 11.8 Å². The summed E-state index contributed by atoms with van der Waals surface area (Å²) in [5.74, 6) is 0.272. The fraction of sp³-hybridized carbons (Fsp3) is 0.130. The van der Waals surface area contributed by atoms with Crippen LogP contribution in [0.25, 0.3) is 11.1 Å². The van der Waals surface area contributed by atoms with Crippen LogP contribution >= 0.6 is 15.9 Å². The molecule has 6 heteroatoms. The van der Waals surface area contributed by atoms with E-state index in [1.807, 2.05) is 48.5 Å². The number of anilines is 2. The normalized spacial score (nSPS) is 10.3. The van der Waals surface area contributed by atoms with Gasteiger partial charge in [-0.15, -0.1) is 0 Å². The lowest BCUT2D eigenvalue weighted by atomic mass is 10.1. The molecule has 0 radical (unpaired) electrons. The van der Waals surface area contributed by atoms with Crippen LogP contribution in [0.15, 0.2) is 77.3 Å². The van der Waals surface area contributed by atoms with Gasteiger partial charge in [0.1, 0.15) is 5.75 Å². The zero-order valence-electron chi connectivity index (χ0n) is 16.2. The van der Waals surface area contributed by atoms with Gasteiger partial charge in [0, 0.05) is 25.3 Å². The minimum Gasteiger partial charge on any atom is -0.483 e. The Balaban J connectivity index is 1.57. The number of hydrogen-bond donors (Lipinski definition) is 1. The highest BCUT2D eigenvalue weighted by Gasteiger charge is 2.09. The molecule has 0 aromatic heterocycles. The van der Waals surface area contributed by atoms with Gasteiger partial charge >= 0.3 is 0 Å². The molecule has 0 saturated carbocycles. The number of halogens is 1. The van der Waals surface area contributed by atoms with Crippen molar-refractivity contribution in [3.05, 3.63) is 77.3 Å². The average molecular weight is 453 g/mol. The fourth-order valence-corrected chi connectivity index (χ4v) is 3.21. The van der Waals surface area contributed by atoms with Gasteiger partial charge in [-0.1, -0.05) is 36.4 Å². The maximum absolute atomic E-state index is 12.2.